The summed E-state index contributed by atoms with van der Waals surface area (Å²) in [5.74, 6) is 1.58. The smallest absolute Gasteiger partial charge is 0.206 e. The summed E-state index contributed by atoms with van der Waals surface area (Å²) in [5.41, 5.74) is 1.02. The van der Waals surface area contributed by atoms with Gasteiger partial charge >= 0.3 is 0 Å². The van der Waals surface area contributed by atoms with E-state index in [0.717, 1.165) is 31.7 Å². The van der Waals surface area contributed by atoms with Crippen molar-refractivity contribution in [2.75, 3.05) is 11.9 Å². The minimum atomic E-state index is 0.692. The van der Waals surface area contributed by atoms with E-state index in [4.69, 9.17) is 4.42 Å². The third-order valence-corrected chi connectivity index (χ3v) is 5.38. The predicted octanol–water partition coefficient (Wildman–Crippen LogP) is 4.14. The lowest BCUT2D eigenvalue weighted by atomic mass is 10.5. The molecule has 8 heteroatoms. The predicted molar refractivity (Wildman–Crippen MR) is 88.0 cm³/mol. The molecule has 0 aliphatic carbocycles. The summed E-state index contributed by atoms with van der Waals surface area (Å²) in [6.45, 7) is 4.35. The van der Waals surface area contributed by atoms with Crippen molar-refractivity contribution in [2.45, 2.75) is 10.1 Å². The van der Waals surface area contributed by atoms with Crippen LogP contribution >= 0.6 is 34.4 Å². The highest BCUT2D eigenvalue weighted by Gasteiger charge is 2.09. The SMILES string of the molecule is C=CCNc1nnc(SCc2csc(-c3ccco3)n2)s1. The van der Waals surface area contributed by atoms with Gasteiger partial charge in [-0.1, -0.05) is 29.2 Å². The third kappa shape index (κ3) is 3.72. The Kier molecular flexibility index (Phi) is 4.69. The first-order valence-electron chi connectivity index (χ1n) is 6.14. The van der Waals surface area contributed by atoms with Crippen LogP contribution in [0.3, 0.4) is 0 Å². The van der Waals surface area contributed by atoms with Gasteiger partial charge in [0.05, 0.1) is 12.0 Å². The number of nitrogens with one attached hydrogen (secondary N) is 1. The molecule has 0 fully saturated rings. The number of nitrogens with zero attached hydrogens (tertiary/aromatic N) is 3. The van der Waals surface area contributed by atoms with E-state index < -0.39 is 0 Å². The first kappa shape index (κ1) is 14.3. The van der Waals surface area contributed by atoms with Crippen LogP contribution in [-0.2, 0) is 5.75 Å². The zero-order valence-corrected chi connectivity index (χ0v) is 13.4. The minimum absolute atomic E-state index is 0.692. The second-order valence-electron chi connectivity index (χ2n) is 3.95. The van der Waals surface area contributed by atoms with Crippen LogP contribution in [0.5, 0.6) is 0 Å². The van der Waals surface area contributed by atoms with Crippen molar-refractivity contribution >= 4 is 39.6 Å². The molecule has 0 spiro atoms. The largest absolute Gasteiger partial charge is 0.462 e. The van der Waals surface area contributed by atoms with Gasteiger partial charge in [0.1, 0.15) is 0 Å². The standard InChI is InChI=1S/C13H12N4OS3/c1-2-5-14-12-16-17-13(21-12)20-8-9-7-19-11(15-9)10-4-3-6-18-10/h2-4,6-7H,1,5,8H2,(H,14,16). The van der Waals surface area contributed by atoms with Gasteiger partial charge in [0.2, 0.25) is 5.13 Å². The summed E-state index contributed by atoms with van der Waals surface area (Å²) < 4.78 is 6.27. The van der Waals surface area contributed by atoms with E-state index in [9.17, 15) is 0 Å². The van der Waals surface area contributed by atoms with Crippen molar-refractivity contribution in [3.8, 4) is 10.8 Å². The van der Waals surface area contributed by atoms with Crippen molar-refractivity contribution in [1.82, 2.24) is 15.2 Å². The van der Waals surface area contributed by atoms with Crippen LogP contribution in [-0.4, -0.2) is 21.7 Å². The summed E-state index contributed by atoms with van der Waals surface area (Å²) in [6.07, 6.45) is 3.45. The van der Waals surface area contributed by atoms with Crippen LogP contribution in [0.4, 0.5) is 5.13 Å². The van der Waals surface area contributed by atoms with Crippen molar-refractivity contribution < 1.29 is 4.42 Å². The summed E-state index contributed by atoms with van der Waals surface area (Å²) in [4.78, 5) is 4.56. The van der Waals surface area contributed by atoms with E-state index >= 15 is 0 Å². The zero-order chi connectivity index (χ0) is 14.5. The third-order valence-electron chi connectivity index (χ3n) is 2.43. The molecule has 108 valence electrons. The highest BCUT2D eigenvalue weighted by atomic mass is 32.2. The van der Waals surface area contributed by atoms with Gasteiger partial charge in [-0.25, -0.2) is 4.98 Å². The molecule has 0 bridgehead atoms. The van der Waals surface area contributed by atoms with E-state index in [0.29, 0.717) is 6.54 Å². The van der Waals surface area contributed by atoms with Crippen molar-refractivity contribution in [1.29, 1.82) is 0 Å². The number of rotatable bonds is 7. The van der Waals surface area contributed by atoms with Crippen molar-refractivity contribution in [3.63, 3.8) is 0 Å². The Hall–Kier alpha value is -1.64. The Morgan fingerprint density at radius 1 is 1.43 bits per heavy atom. The van der Waals surface area contributed by atoms with Gasteiger partial charge < -0.3 is 9.73 Å². The lowest BCUT2D eigenvalue weighted by molar-refractivity contribution is 0.581. The minimum Gasteiger partial charge on any atom is -0.462 e. The Labute approximate surface area is 134 Å². The fourth-order valence-electron chi connectivity index (χ4n) is 1.52. The number of furan rings is 1. The van der Waals surface area contributed by atoms with Gasteiger partial charge in [-0.2, -0.15) is 0 Å². The van der Waals surface area contributed by atoms with E-state index in [-0.39, 0.29) is 0 Å². The summed E-state index contributed by atoms with van der Waals surface area (Å²) in [6, 6.07) is 3.78. The van der Waals surface area contributed by atoms with Crippen molar-refractivity contribution in [3.05, 3.63) is 42.1 Å². The highest BCUT2D eigenvalue weighted by Crippen LogP contribution is 2.30. The second kappa shape index (κ2) is 6.88. The highest BCUT2D eigenvalue weighted by molar-refractivity contribution is 8.00. The fraction of sp³-hybridized carbons (Fsp3) is 0.154. The molecule has 3 rings (SSSR count). The molecular weight excluding hydrogens is 324 g/mol. The number of thiazole rings is 1. The van der Waals surface area contributed by atoms with E-state index in [1.807, 2.05) is 17.5 Å². The summed E-state index contributed by atoms with van der Waals surface area (Å²) >= 11 is 4.75. The van der Waals surface area contributed by atoms with Crippen molar-refractivity contribution in [2.24, 2.45) is 0 Å². The molecule has 0 saturated carbocycles. The number of anilines is 1. The number of aromatic nitrogens is 3. The molecule has 0 radical (unpaired) electrons. The van der Waals surface area contributed by atoms with Crippen LogP contribution in [0, 0.1) is 0 Å². The molecule has 5 nitrogen and oxygen atoms in total. The molecule has 0 aliphatic heterocycles. The molecule has 0 amide bonds. The van der Waals surface area contributed by atoms with Gasteiger partial charge in [-0.05, 0) is 12.1 Å². The quantitative estimate of drug-likeness (QED) is 0.517. The Bertz CT molecular complexity index is 705. The molecule has 21 heavy (non-hydrogen) atoms. The van der Waals surface area contributed by atoms with Crippen LogP contribution in [0.25, 0.3) is 10.8 Å². The molecule has 3 aromatic rings. The Morgan fingerprint density at radius 3 is 3.19 bits per heavy atom. The lowest BCUT2D eigenvalue weighted by Gasteiger charge is -1.93. The lowest BCUT2D eigenvalue weighted by Crippen LogP contribution is -1.96. The van der Waals surface area contributed by atoms with Gasteiger partial charge in [0.15, 0.2) is 15.1 Å². The van der Waals surface area contributed by atoms with Gasteiger partial charge in [-0.3, -0.25) is 0 Å². The van der Waals surface area contributed by atoms with Gasteiger partial charge in [0.25, 0.3) is 0 Å². The fourth-order valence-corrected chi connectivity index (χ4v) is 4.06. The van der Waals surface area contributed by atoms with Crippen LogP contribution < -0.4 is 5.32 Å². The number of thioether (sulfide) groups is 1. The topological polar surface area (TPSA) is 63.8 Å². The normalized spacial score (nSPS) is 10.7. The number of hydrogen-bond donors (Lipinski definition) is 1. The molecule has 0 aromatic carbocycles. The van der Waals surface area contributed by atoms with Gasteiger partial charge in [0, 0.05) is 17.7 Å². The van der Waals surface area contributed by atoms with E-state index in [1.165, 1.54) is 11.3 Å². The molecule has 0 saturated heterocycles. The molecule has 0 unspecified atom stereocenters. The zero-order valence-electron chi connectivity index (χ0n) is 11.0. The summed E-state index contributed by atoms with van der Waals surface area (Å²) in [5, 5.41) is 15.1. The Morgan fingerprint density at radius 2 is 2.38 bits per heavy atom. The van der Waals surface area contributed by atoms with Gasteiger partial charge in [-0.15, -0.1) is 28.1 Å². The molecule has 0 atom stereocenters. The van der Waals surface area contributed by atoms with E-state index in [2.05, 4.69) is 27.1 Å². The molecule has 0 aliphatic rings. The van der Waals surface area contributed by atoms with Crippen LogP contribution in [0.1, 0.15) is 5.69 Å². The van der Waals surface area contributed by atoms with Crippen LogP contribution in [0.2, 0.25) is 0 Å². The number of hydrogen-bond acceptors (Lipinski definition) is 8. The first-order valence-corrected chi connectivity index (χ1v) is 8.82. The molecule has 3 heterocycles. The maximum absolute atomic E-state index is 5.34. The monoisotopic (exact) mass is 336 g/mol. The molecule has 3 aromatic heterocycles. The second-order valence-corrected chi connectivity index (χ2v) is 7.01. The molecular formula is C13H12N4OS3. The van der Waals surface area contributed by atoms with Crippen LogP contribution in [0.15, 0.2) is 45.2 Å². The maximum atomic E-state index is 5.34. The van der Waals surface area contributed by atoms with E-state index in [1.54, 1.807) is 35.4 Å². The average Bonchev–Trinajstić information content (AvgIpc) is 3.22. The summed E-state index contributed by atoms with van der Waals surface area (Å²) in [7, 11) is 0. The molecule has 1 N–H and O–H groups in total. The maximum Gasteiger partial charge on any atom is 0.206 e. The average molecular weight is 336 g/mol. The Balaban J connectivity index is 1.57. The first-order chi connectivity index (χ1) is 10.3.